The third-order valence-electron chi connectivity index (χ3n) is 5.60. The van der Waals surface area contributed by atoms with E-state index in [1.807, 2.05) is 0 Å². The average molecular weight is 446 g/mol. The van der Waals surface area contributed by atoms with Crippen LogP contribution in [0.5, 0.6) is 0 Å². The number of Topliss-reactive ketones (excluding diaryl/α,β-unsaturated/α-hetero) is 1. The van der Waals surface area contributed by atoms with Gasteiger partial charge in [0.15, 0.2) is 11.3 Å². The zero-order valence-electron chi connectivity index (χ0n) is 17.5. The number of rotatable bonds is 6. The monoisotopic (exact) mass is 446 g/mol. The predicted molar refractivity (Wildman–Crippen MR) is 118 cm³/mol. The van der Waals surface area contributed by atoms with Crippen LogP contribution >= 0.6 is 0 Å². The maximum absolute atomic E-state index is 13.5. The number of carbonyl (C=O) groups is 2. The first-order chi connectivity index (χ1) is 15.9. The SMILES string of the molecule is COC(=O)[C@]1(c2ccccc2)C=C(C(=O)c2ccc(F)cc2)[C@H](c2ccc([N+](=O)[O-])cc2)N1. The lowest BCUT2D eigenvalue weighted by Crippen LogP contribution is -2.46. The van der Waals surface area contributed by atoms with Crippen LogP contribution in [0.3, 0.4) is 0 Å². The van der Waals surface area contributed by atoms with Gasteiger partial charge in [0.1, 0.15) is 5.82 Å². The van der Waals surface area contributed by atoms with Gasteiger partial charge in [-0.2, -0.15) is 0 Å². The maximum atomic E-state index is 13.5. The summed E-state index contributed by atoms with van der Waals surface area (Å²) < 4.78 is 18.5. The summed E-state index contributed by atoms with van der Waals surface area (Å²) in [5.74, 6) is -1.51. The Kier molecular flexibility index (Phi) is 5.85. The van der Waals surface area contributed by atoms with Crippen molar-refractivity contribution < 1.29 is 23.6 Å². The molecule has 0 saturated heterocycles. The fraction of sp³-hybridized carbons (Fsp3) is 0.120. The van der Waals surface area contributed by atoms with Crippen molar-refractivity contribution in [2.24, 2.45) is 0 Å². The van der Waals surface area contributed by atoms with Gasteiger partial charge in [0.2, 0.25) is 0 Å². The highest BCUT2D eigenvalue weighted by atomic mass is 19.1. The number of hydrogen-bond acceptors (Lipinski definition) is 6. The van der Waals surface area contributed by atoms with Crippen molar-refractivity contribution in [3.05, 3.63) is 123 Å². The Morgan fingerprint density at radius 1 is 1.00 bits per heavy atom. The molecule has 0 aliphatic carbocycles. The fourth-order valence-corrected chi connectivity index (χ4v) is 3.94. The van der Waals surface area contributed by atoms with Crippen LogP contribution in [0.4, 0.5) is 10.1 Å². The molecule has 0 aromatic heterocycles. The highest BCUT2D eigenvalue weighted by Crippen LogP contribution is 2.41. The number of nitrogens with one attached hydrogen (secondary N) is 1. The normalized spacial score (nSPS) is 19.6. The summed E-state index contributed by atoms with van der Waals surface area (Å²) in [6.45, 7) is 0. The molecule has 2 atom stereocenters. The lowest BCUT2D eigenvalue weighted by Gasteiger charge is -2.28. The van der Waals surface area contributed by atoms with E-state index < -0.39 is 34.1 Å². The van der Waals surface area contributed by atoms with E-state index in [0.29, 0.717) is 11.1 Å². The van der Waals surface area contributed by atoms with E-state index in [9.17, 15) is 24.1 Å². The number of non-ortho nitro benzene ring substituents is 1. The van der Waals surface area contributed by atoms with E-state index in [2.05, 4.69) is 5.32 Å². The van der Waals surface area contributed by atoms with Crippen molar-refractivity contribution in [2.45, 2.75) is 11.6 Å². The molecule has 0 saturated carbocycles. The highest BCUT2D eigenvalue weighted by Gasteiger charge is 2.48. The van der Waals surface area contributed by atoms with Gasteiger partial charge < -0.3 is 4.74 Å². The Balaban J connectivity index is 1.87. The van der Waals surface area contributed by atoms with E-state index in [1.54, 1.807) is 30.3 Å². The molecule has 3 aromatic rings. The van der Waals surface area contributed by atoms with Crippen LogP contribution in [0.1, 0.15) is 27.5 Å². The van der Waals surface area contributed by atoms with Crippen LogP contribution in [0.25, 0.3) is 0 Å². The summed E-state index contributed by atoms with van der Waals surface area (Å²) in [7, 11) is 1.25. The lowest BCUT2D eigenvalue weighted by atomic mass is 9.89. The number of nitrogens with zero attached hydrogens (tertiary/aromatic N) is 1. The van der Waals surface area contributed by atoms with Gasteiger partial charge in [-0.05, 0) is 41.5 Å². The van der Waals surface area contributed by atoms with E-state index in [0.717, 1.165) is 0 Å². The minimum Gasteiger partial charge on any atom is -0.467 e. The molecular formula is C25H19FN2O5. The van der Waals surface area contributed by atoms with Crippen molar-refractivity contribution in [2.75, 3.05) is 7.11 Å². The van der Waals surface area contributed by atoms with E-state index in [4.69, 9.17) is 4.74 Å². The smallest absolute Gasteiger partial charge is 0.334 e. The number of carbonyl (C=O) groups excluding carboxylic acids is 2. The molecule has 0 radical (unpaired) electrons. The first-order valence-electron chi connectivity index (χ1n) is 10.0. The second-order valence-electron chi connectivity index (χ2n) is 7.53. The van der Waals surface area contributed by atoms with Gasteiger partial charge in [-0.15, -0.1) is 0 Å². The number of hydrogen-bond donors (Lipinski definition) is 1. The molecule has 0 spiro atoms. The van der Waals surface area contributed by atoms with Crippen molar-refractivity contribution in [3.8, 4) is 0 Å². The van der Waals surface area contributed by atoms with Crippen LogP contribution < -0.4 is 5.32 Å². The zero-order chi connectivity index (χ0) is 23.6. The number of methoxy groups -OCH3 is 1. The van der Waals surface area contributed by atoms with Gasteiger partial charge in [0.05, 0.1) is 18.1 Å². The highest BCUT2D eigenvalue weighted by molar-refractivity contribution is 6.11. The summed E-state index contributed by atoms with van der Waals surface area (Å²) in [5.41, 5.74) is 0.0203. The molecule has 8 heteroatoms. The van der Waals surface area contributed by atoms with Gasteiger partial charge in [-0.3, -0.25) is 20.2 Å². The Morgan fingerprint density at radius 2 is 1.64 bits per heavy atom. The summed E-state index contributed by atoms with van der Waals surface area (Å²) in [5, 5.41) is 14.3. The summed E-state index contributed by atoms with van der Waals surface area (Å²) in [4.78, 5) is 37.0. The number of nitro benzene ring substituents is 1. The summed E-state index contributed by atoms with van der Waals surface area (Å²) in [6.07, 6.45) is 1.52. The maximum Gasteiger partial charge on any atom is 0.334 e. The van der Waals surface area contributed by atoms with Crippen LogP contribution in [0, 0.1) is 15.9 Å². The van der Waals surface area contributed by atoms with E-state index >= 15 is 0 Å². The van der Waals surface area contributed by atoms with Crippen LogP contribution in [0.2, 0.25) is 0 Å². The van der Waals surface area contributed by atoms with Gasteiger partial charge >= 0.3 is 5.97 Å². The number of nitro groups is 1. The molecule has 0 bridgehead atoms. The minimum absolute atomic E-state index is 0.102. The number of esters is 1. The molecule has 1 heterocycles. The number of ether oxygens (including phenoxy) is 1. The summed E-state index contributed by atoms with van der Waals surface area (Å²) in [6, 6.07) is 18.8. The first kappa shape index (κ1) is 22.0. The Labute approximate surface area is 188 Å². The Bertz CT molecular complexity index is 1240. The number of ketones is 1. The largest absolute Gasteiger partial charge is 0.467 e. The van der Waals surface area contributed by atoms with Gasteiger partial charge in [0, 0.05) is 23.3 Å². The molecule has 1 aliphatic rings. The van der Waals surface area contributed by atoms with Gasteiger partial charge in [0.25, 0.3) is 5.69 Å². The van der Waals surface area contributed by atoms with Gasteiger partial charge in [-0.25, -0.2) is 9.18 Å². The second-order valence-corrected chi connectivity index (χ2v) is 7.53. The lowest BCUT2D eigenvalue weighted by molar-refractivity contribution is -0.384. The topological polar surface area (TPSA) is 98.5 Å². The van der Waals surface area contributed by atoms with Crippen molar-refractivity contribution in [1.82, 2.24) is 5.32 Å². The predicted octanol–water partition coefficient (Wildman–Crippen LogP) is 4.26. The first-order valence-corrected chi connectivity index (χ1v) is 10.0. The molecule has 1 aliphatic heterocycles. The molecule has 0 unspecified atom stereocenters. The standard InChI is InChI=1S/C25H19FN2O5/c1-33-24(30)25(18-5-3-2-4-6-18)15-21(23(29)17-7-11-19(26)12-8-17)22(27-25)16-9-13-20(14-10-16)28(31)32/h2-15,22,27H,1H3/t22-,25+/m0/s1. The van der Waals surface area contributed by atoms with Crippen molar-refractivity contribution >= 4 is 17.4 Å². The Morgan fingerprint density at radius 3 is 2.21 bits per heavy atom. The molecule has 33 heavy (non-hydrogen) atoms. The average Bonchev–Trinajstić information content (AvgIpc) is 3.26. The zero-order valence-corrected chi connectivity index (χ0v) is 17.5. The molecule has 166 valence electrons. The summed E-state index contributed by atoms with van der Waals surface area (Å²) >= 11 is 0. The third kappa shape index (κ3) is 4.04. The molecule has 0 amide bonds. The molecule has 1 N–H and O–H groups in total. The Hall–Kier alpha value is -4.17. The quantitative estimate of drug-likeness (QED) is 0.263. The van der Waals surface area contributed by atoms with Gasteiger partial charge in [-0.1, -0.05) is 42.5 Å². The molecule has 7 nitrogen and oxygen atoms in total. The van der Waals surface area contributed by atoms with Crippen molar-refractivity contribution in [1.29, 1.82) is 0 Å². The molecule has 4 rings (SSSR count). The molecule has 3 aromatic carbocycles. The fourth-order valence-electron chi connectivity index (χ4n) is 3.94. The number of halogens is 1. The second kappa shape index (κ2) is 8.76. The number of benzene rings is 3. The molecular weight excluding hydrogens is 427 g/mol. The third-order valence-corrected chi connectivity index (χ3v) is 5.60. The van der Waals surface area contributed by atoms with Crippen LogP contribution in [0.15, 0.2) is 90.5 Å². The minimum atomic E-state index is -1.46. The van der Waals surface area contributed by atoms with Crippen LogP contribution in [-0.2, 0) is 15.1 Å². The van der Waals surface area contributed by atoms with E-state index in [-0.39, 0.29) is 16.8 Å². The molecule has 0 fully saturated rings. The van der Waals surface area contributed by atoms with E-state index in [1.165, 1.54) is 61.7 Å². The van der Waals surface area contributed by atoms with Crippen molar-refractivity contribution in [3.63, 3.8) is 0 Å². The van der Waals surface area contributed by atoms with Crippen LogP contribution in [-0.4, -0.2) is 23.8 Å².